The van der Waals surface area contributed by atoms with E-state index >= 15 is 0 Å². The van der Waals surface area contributed by atoms with E-state index in [1.165, 1.54) is 23.4 Å². The first-order valence-electron chi connectivity index (χ1n) is 5.25. The van der Waals surface area contributed by atoms with Gasteiger partial charge in [-0.2, -0.15) is 0 Å². The zero-order valence-corrected chi connectivity index (χ0v) is 11.2. The minimum atomic E-state index is -3.29. The van der Waals surface area contributed by atoms with Gasteiger partial charge in [0.25, 0.3) is 0 Å². The molecule has 0 aliphatic carbocycles. The molecule has 18 heavy (non-hydrogen) atoms. The lowest BCUT2D eigenvalue weighted by atomic mass is 10.4. The Labute approximate surface area is 110 Å². The van der Waals surface area contributed by atoms with Crippen molar-refractivity contribution in [2.75, 3.05) is 16.6 Å². The van der Waals surface area contributed by atoms with E-state index in [-0.39, 0.29) is 22.5 Å². The monoisotopic (exact) mass is 290 g/mol. The van der Waals surface area contributed by atoms with Crippen LogP contribution >= 0.6 is 11.6 Å². The third kappa shape index (κ3) is 2.56. The number of pyridine rings is 1. The van der Waals surface area contributed by atoms with Crippen molar-refractivity contribution >= 4 is 33.4 Å². The predicted molar refractivity (Wildman–Crippen MR) is 66.3 cm³/mol. The third-order valence-electron chi connectivity index (χ3n) is 2.41. The molecule has 98 valence electrons. The number of hydrogen-bond acceptors (Lipinski definition) is 5. The smallest absolute Gasteiger partial charge is 0.308 e. The first-order valence-corrected chi connectivity index (χ1v) is 7.24. The molecule has 8 heteroatoms. The highest BCUT2D eigenvalue weighted by atomic mass is 35.5. The molecule has 0 radical (unpaired) electrons. The molecule has 0 N–H and O–H groups in total. The van der Waals surface area contributed by atoms with Crippen LogP contribution in [0.1, 0.15) is 13.3 Å². The molecule has 1 fully saturated rings. The maximum atomic E-state index is 11.7. The number of hydrogen-bond donors (Lipinski definition) is 0. The minimum Gasteiger partial charge on any atom is -0.423 e. The molecule has 0 aromatic carbocycles. The Balaban J connectivity index is 2.32. The van der Waals surface area contributed by atoms with Crippen LogP contribution in [-0.2, 0) is 14.8 Å². The van der Waals surface area contributed by atoms with Gasteiger partial charge in [-0.15, -0.1) is 0 Å². The van der Waals surface area contributed by atoms with E-state index in [1.807, 2.05) is 0 Å². The quantitative estimate of drug-likeness (QED) is 0.604. The molecule has 6 nitrogen and oxygen atoms in total. The van der Waals surface area contributed by atoms with Crippen molar-refractivity contribution < 1.29 is 17.9 Å². The molecule has 1 aromatic heterocycles. The Morgan fingerprint density at radius 1 is 1.50 bits per heavy atom. The highest BCUT2D eigenvalue weighted by Gasteiger charge is 2.29. The van der Waals surface area contributed by atoms with Crippen LogP contribution in [-0.4, -0.2) is 31.7 Å². The molecule has 0 unspecified atom stereocenters. The molecular formula is C10H11ClN2O4S. The summed E-state index contributed by atoms with van der Waals surface area (Å²) in [6, 6.07) is 2.90. The molecule has 2 heterocycles. The molecule has 2 rings (SSSR count). The molecule has 0 saturated carbocycles. The standard InChI is InChI=1S/C10H11ClN2O4S/c1-7(14)17-8-3-4-9(12-10(8)11)13-5-2-6-18(13,15)16/h3-4H,2,5-6H2,1H3. The van der Waals surface area contributed by atoms with Crippen LogP contribution in [0.15, 0.2) is 12.1 Å². The number of carbonyl (C=O) groups excluding carboxylic acids is 1. The molecule has 1 aliphatic heterocycles. The number of aromatic nitrogens is 1. The Bertz CT molecular complexity index is 588. The second-order valence-corrected chi connectivity index (χ2v) is 6.16. The maximum Gasteiger partial charge on any atom is 0.308 e. The van der Waals surface area contributed by atoms with Crippen LogP contribution in [0, 0.1) is 0 Å². The Hall–Kier alpha value is -1.34. The summed E-state index contributed by atoms with van der Waals surface area (Å²) in [6.45, 7) is 1.63. The molecule has 1 aliphatic rings. The normalized spacial score (nSPS) is 17.8. The van der Waals surface area contributed by atoms with Gasteiger partial charge in [0.05, 0.1) is 5.75 Å². The van der Waals surface area contributed by atoms with Gasteiger partial charge in [-0.3, -0.25) is 9.10 Å². The molecule has 0 spiro atoms. The summed E-state index contributed by atoms with van der Waals surface area (Å²) >= 11 is 5.84. The molecular weight excluding hydrogens is 280 g/mol. The summed E-state index contributed by atoms with van der Waals surface area (Å²) in [5.41, 5.74) is 0. The zero-order chi connectivity index (χ0) is 13.3. The predicted octanol–water partition coefficient (Wildman–Crippen LogP) is 1.20. The Kier molecular flexibility index (Phi) is 3.45. The van der Waals surface area contributed by atoms with E-state index in [0.29, 0.717) is 13.0 Å². The Morgan fingerprint density at radius 2 is 2.22 bits per heavy atom. The van der Waals surface area contributed by atoms with Gasteiger partial charge in [-0.05, 0) is 18.6 Å². The van der Waals surface area contributed by atoms with E-state index in [0.717, 1.165) is 0 Å². The molecule has 1 aromatic rings. The van der Waals surface area contributed by atoms with Crippen LogP contribution < -0.4 is 9.04 Å². The number of anilines is 1. The van der Waals surface area contributed by atoms with Gasteiger partial charge in [0, 0.05) is 13.5 Å². The second-order valence-electron chi connectivity index (χ2n) is 3.79. The highest BCUT2D eigenvalue weighted by molar-refractivity contribution is 7.93. The lowest BCUT2D eigenvalue weighted by molar-refractivity contribution is -0.131. The summed E-state index contributed by atoms with van der Waals surface area (Å²) < 4.78 is 29.4. The number of sulfonamides is 1. The number of nitrogens with zero attached hydrogens (tertiary/aromatic N) is 2. The van der Waals surface area contributed by atoms with Crippen molar-refractivity contribution in [1.82, 2.24) is 4.98 Å². The summed E-state index contributed by atoms with van der Waals surface area (Å²) in [7, 11) is -3.29. The number of rotatable bonds is 2. The van der Waals surface area contributed by atoms with Gasteiger partial charge in [-0.25, -0.2) is 13.4 Å². The molecule has 0 atom stereocenters. The van der Waals surface area contributed by atoms with E-state index in [1.54, 1.807) is 0 Å². The number of carbonyl (C=O) groups is 1. The van der Waals surface area contributed by atoms with Crippen LogP contribution in [0.3, 0.4) is 0 Å². The first-order chi connectivity index (χ1) is 8.40. The first kappa shape index (κ1) is 13.1. The van der Waals surface area contributed by atoms with Gasteiger partial charge in [0.2, 0.25) is 10.0 Å². The molecule has 1 saturated heterocycles. The SMILES string of the molecule is CC(=O)Oc1ccc(N2CCCS2(=O)=O)nc1Cl. The van der Waals surface area contributed by atoms with E-state index in [2.05, 4.69) is 4.98 Å². The van der Waals surface area contributed by atoms with Crippen molar-refractivity contribution in [3.63, 3.8) is 0 Å². The summed E-state index contributed by atoms with van der Waals surface area (Å²) in [4.78, 5) is 14.7. The van der Waals surface area contributed by atoms with Crippen LogP contribution in [0.25, 0.3) is 0 Å². The average Bonchev–Trinajstić information content (AvgIpc) is 2.60. The van der Waals surface area contributed by atoms with E-state index in [4.69, 9.17) is 16.3 Å². The molecule has 0 bridgehead atoms. The number of halogens is 1. The topological polar surface area (TPSA) is 76.6 Å². The van der Waals surface area contributed by atoms with Gasteiger partial charge in [-0.1, -0.05) is 11.6 Å². The number of esters is 1. The highest BCUT2D eigenvalue weighted by Crippen LogP contribution is 2.28. The van der Waals surface area contributed by atoms with E-state index < -0.39 is 16.0 Å². The summed E-state index contributed by atoms with van der Waals surface area (Å²) in [5, 5.41) is -0.0372. The van der Waals surface area contributed by atoms with Gasteiger partial charge in [0.15, 0.2) is 10.9 Å². The largest absolute Gasteiger partial charge is 0.423 e. The van der Waals surface area contributed by atoms with Crippen molar-refractivity contribution in [3.8, 4) is 5.75 Å². The van der Waals surface area contributed by atoms with Crippen molar-refractivity contribution in [2.45, 2.75) is 13.3 Å². The third-order valence-corrected chi connectivity index (χ3v) is 4.52. The maximum absolute atomic E-state index is 11.7. The van der Waals surface area contributed by atoms with E-state index in [9.17, 15) is 13.2 Å². The fraction of sp³-hybridized carbons (Fsp3) is 0.400. The lowest BCUT2D eigenvalue weighted by Crippen LogP contribution is -2.26. The number of ether oxygens (including phenoxy) is 1. The average molecular weight is 291 g/mol. The van der Waals surface area contributed by atoms with Gasteiger partial charge in [0.1, 0.15) is 5.82 Å². The van der Waals surface area contributed by atoms with Gasteiger partial charge >= 0.3 is 5.97 Å². The van der Waals surface area contributed by atoms with Crippen LogP contribution in [0.5, 0.6) is 5.75 Å². The van der Waals surface area contributed by atoms with Crippen molar-refractivity contribution in [2.24, 2.45) is 0 Å². The van der Waals surface area contributed by atoms with Gasteiger partial charge < -0.3 is 4.74 Å². The lowest BCUT2D eigenvalue weighted by Gasteiger charge is -2.16. The Morgan fingerprint density at radius 3 is 2.72 bits per heavy atom. The van der Waals surface area contributed by atoms with Crippen molar-refractivity contribution in [1.29, 1.82) is 0 Å². The fourth-order valence-electron chi connectivity index (χ4n) is 1.68. The minimum absolute atomic E-state index is 0.0372. The molecule has 0 amide bonds. The summed E-state index contributed by atoms with van der Waals surface area (Å²) in [5.74, 6) is -0.0454. The zero-order valence-electron chi connectivity index (χ0n) is 9.59. The fourth-order valence-corrected chi connectivity index (χ4v) is 3.38. The van der Waals surface area contributed by atoms with Crippen LogP contribution in [0.2, 0.25) is 5.15 Å². The second kappa shape index (κ2) is 4.74. The van der Waals surface area contributed by atoms with Crippen LogP contribution in [0.4, 0.5) is 5.82 Å². The van der Waals surface area contributed by atoms with Crippen molar-refractivity contribution in [3.05, 3.63) is 17.3 Å². The summed E-state index contributed by atoms with van der Waals surface area (Å²) in [6.07, 6.45) is 0.563.